The minimum atomic E-state index is -1.05. The number of esters is 1. The number of imide groups is 1. The van der Waals surface area contributed by atoms with Crippen molar-refractivity contribution >= 4 is 33.9 Å². The van der Waals surface area contributed by atoms with Crippen LogP contribution in [0.1, 0.15) is 34.1 Å². The number of nitrogens with zero attached hydrogens (tertiary/aromatic N) is 1. The maximum atomic E-state index is 11.9. The third-order valence-corrected chi connectivity index (χ3v) is 2.39. The van der Waals surface area contributed by atoms with Gasteiger partial charge >= 0.3 is 18.0 Å². The zero-order chi connectivity index (χ0) is 15.1. The van der Waals surface area contributed by atoms with Gasteiger partial charge < -0.3 is 9.47 Å². The van der Waals surface area contributed by atoms with E-state index in [2.05, 4.69) is 20.7 Å². The summed E-state index contributed by atoms with van der Waals surface area (Å²) in [4.78, 5) is 35.8. The molecule has 6 nitrogen and oxygen atoms in total. The molecule has 0 atom stereocenters. The molecule has 0 N–H and O–H groups in total. The number of amides is 2. The Morgan fingerprint density at radius 1 is 1.21 bits per heavy atom. The Morgan fingerprint density at radius 2 is 1.79 bits per heavy atom. The smallest absolute Gasteiger partial charge is 0.417 e. The van der Waals surface area contributed by atoms with E-state index in [4.69, 9.17) is 4.74 Å². The lowest BCUT2D eigenvalue weighted by atomic mass is 10.2. The minimum absolute atomic E-state index is 0.0746. The van der Waals surface area contributed by atoms with Crippen LogP contribution < -0.4 is 0 Å². The van der Waals surface area contributed by atoms with E-state index in [0.717, 1.165) is 4.90 Å². The third-order valence-electron chi connectivity index (χ3n) is 1.82. The molecule has 0 aliphatic rings. The fourth-order valence-corrected chi connectivity index (χ4v) is 1.36. The molecular weight excluding hydrogens is 318 g/mol. The molecule has 0 bridgehead atoms. The summed E-state index contributed by atoms with van der Waals surface area (Å²) in [5.74, 6) is -2.06. The second-order valence-electron chi connectivity index (χ2n) is 4.70. The van der Waals surface area contributed by atoms with Crippen molar-refractivity contribution in [2.75, 3.05) is 18.5 Å². The topological polar surface area (TPSA) is 72.9 Å². The first-order valence-corrected chi connectivity index (χ1v) is 7.12. The number of rotatable bonds is 4. The summed E-state index contributed by atoms with van der Waals surface area (Å²) < 4.78 is 9.68. The van der Waals surface area contributed by atoms with Crippen LogP contribution in [0, 0.1) is 0 Å². The monoisotopic (exact) mass is 337 g/mol. The second-order valence-corrected chi connectivity index (χ2v) is 5.49. The Bertz CT molecular complexity index is 338. The van der Waals surface area contributed by atoms with E-state index in [1.165, 1.54) is 0 Å². The molecule has 0 saturated carbocycles. The van der Waals surface area contributed by atoms with Gasteiger partial charge in [-0.1, -0.05) is 15.9 Å². The van der Waals surface area contributed by atoms with E-state index < -0.39 is 23.6 Å². The van der Waals surface area contributed by atoms with Crippen molar-refractivity contribution in [1.29, 1.82) is 0 Å². The van der Waals surface area contributed by atoms with Crippen molar-refractivity contribution in [1.82, 2.24) is 4.90 Å². The highest BCUT2D eigenvalue weighted by molar-refractivity contribution is 9.09. The van der Waals surface area contributed by atoms with E-state index in [1.54, 1.807) is 27.7 Å². The predicted octanol–water partition coefficient (Wildman–Crippen LogP) is 2.10. The number of hydrogen-bond acceptors (Lipinski definition) is 5. The molecule has 0 aromatic rings. The Balaban J connectivity index is 4.84. The van der Waals surface area contributed by atoms with Crippen LogP contribution in [0.2, 0.25) is 0 Å². The summed E-state index contributed by atoms with van der Waals surface area (Å²) in [6.45, 7) is 6.80. The van der Waals surface area contributed by atoms with E-state index in [0.29, 0.717) is 11.8 Å². The Kier molecular flexibility index (Phi) is 7.66. The van der Waals surface area contributed by atoms with Crippen LogP contribution in [-0.4, -0.2) is 47.0 Å². The van der Waals surface area contributed by atoms with Crippen LogP contribution in [0.4, 0.5) is 4.79 Å². The van der Waals surface area contributed by atoms with Crippen molar-refractivity contribution < 1.29 is 23.9 Å². The predicted molar refractivity (Wildman–Crippen MR) is 73.0 cm³/mol. The van der Waals surface area contributed by atoms with Crippen LogP contribution in [0.3, 0.4) is 0 Å². The third kappa shape index (κ3) is 7.15. The van der Waals surface area contributed by atoms with Gasteiger partial charge in [-0.3, -0.25) is 4.79 Å². The molecule has 2 amide bonds. The van der Waals surface area contributed by atoms with Crippen LogP contribution in [-0.2, 0) is 19.1 Å². The first-order valence-electron chi connectivity index (χ1n) is 6.00. The van der Waals surface area contributed by atoms with Crippen LogP contribution in [0.5, 0.6) is 0 Å². The SMILES string of the molecule is CCOC(=O)C(=O)N(CCCBr)C(=O)OC(C)(C)C. The first kappa shape index (κ1) is 17.9. The summed E-state index contributed by atoms with van der Waals surface area (Å²) in [5.41, 5.74) is -0.737. The van der Waals surface area contributed by atoms with Gasteiger partial charge in [0.2, 0.25) is 0 Å². The molecule has 7 heteroatoms. The molecule has 0 aromatic heterocycles. The van der Waals surface area contributed by atoms with Crippen molar-refractivity contribution in [3.63, 3.8) is 0 Å². The van der Waals surface area contributed by atoms with Crippen LogP contribution >= 0.6 is 15.9 Å². The normalized spacial score (nSPS) is 10.8. The lowest BCUT2D eigenvalue weighted by molar-refractivity contribution is -0.159. The summed E-state index contributed by atoms with van der Waals surface area (Å²) >= 11 is 3.20. The van der Waals surface area contributed by atoms with Gasteiger partial charge in [0.15, 0.2) is 0 Å². The molecule has 0 spiro atoms. The first-order chi connectivity index (χ1) is 8.72. The van der Waals surface area contributed by atoms with Gasteiger partial charge in [0, 0.05) is 11.9 Å². The molecule has 0 aromatic carbocycles. The fourth-order valence-electron chi connectivity index (χ4n) is 1.11. The standard InChI is InChI=1S/C12H20BrNO5/c1-5-18-10(16)9(15)14(8-6-7-13)11(17)19-12(2,3)4/h5-8H2,1-4H3. The van der Waals surface area contributed by atoms with Gasteiger partial charge in [-0.05, 0) is 34.1 Å². The molecular formula is C12H20BrNO5. The van der Waals surface area contributed by atoms with E-state index in [9.17, 15) is 14.4 Å². The van der Waals surface area contributed by atoms with Gasteiger partial charge in [0.1, 0.15) is 5.60 Å². The van der Waals surface area contributed by atoms with Gasteiger partial charge in [-0.2, -0.15) is 0 Å². The molecule has 0 aliphatic heterocycles. The van der Waals surface area contributed by atoms with Gasteiger partial charge in [0.25, 0.3) is 0 Å². The molecule has 0 rings (SSSR count). The quantitative estimate of drug-likeness (QED) is 0.446. The average molecular weight is 338 g/mol. The lowest BCUT2D eigenvalue weighted by Crippen LogP contribution is -2.45. The van der Waals surface area contributed by atoms with Crippen molar-refractivity contribution in [2.45, 2.75) is 39.7 Å². The molecule has 0 aliphatic carbocycles. The van der Waals surface area contributed by atoms with Crippen molar-refractivity contribution in [3.05, 3.63) is 0 Å². The van der Waals surface area contributed by atoms with E-state index >= 15 is 0 Å². The highest BCUT2D eigenvalue weighted by Gasteiger charge is 2.31. The summed E-state index contributed by atoms with van der Waals surface area (Å²) in [6, 6.07) is 0. The highest BCUT2D eigenvalue weighted by Crippen LogP contribution is 2.11. The molecule has 110 valence electrons. The highest BCUT2D eigenvalue weighted by atomic mass is 79.9. The largest absolute Gasteiger partial charge is 0.459 e. The van der Waals surface area contributed by atoms with Crippen molar-refractivity contribution in [3.8, 4) is 0 Å². The number of alkyl halides is 1. The Morgan fingerprint density at radius 3 is 2.21 bits per heavy atom. The zero-order valence-electron chi connectivity index (χ0n) is 11.7. The minimum Gasteiger partial charge on any atom is -0.459 e. The number of halogens is 1. The summed E-state index contributed by atoms with van der Waals surface area (Å²) in [7, 11) is 0. The molecule has 19 heavy (non-hydrogen) atoms. The maximum Gasteiger partial charge on any atom is 0.417 e. The summed E-state index contributed by atoms with van der Waals surface area (Å²) in [6.07, 6.45) is -0.323. The molecule has 0 unspecified atom stereocenters. The summed E-state index contributed by atoms with van der Waals surface area (Å²) in [5, 5.41) is 0.600. The number of carbonyl (C=O) groups is 3. The van der Waals surface area contributed by atoms with E-state index in [-0.39, 0.29) is 13.2 Å². The van der Waals surface area contributed by atoms with Crippen LogP contribution in [0.25, 0.3) is 0 Å². The maximum absolute atomic E-state index is 11.9. The Labute approximate surface area is 121 Å². The van der Waals surface area contributed by atoms with Crippen LogP contribution in [0.15, 0.2) is 0 Å². The molecule has 0 heterocycles. The number of hydrogen-bond donors (Lipinski definition) is 0. The second kappa shape index (κ2) is 8.14. The van der Waals surface area contributed by atoms with Gasteiger partial charge in [-0.25, -0.2) is 14.5 Å². The van der Waals surface area contributed by atoms with Gasteiger partial charge in [-0.15, -0.1) is 0 Å². The fraction of sp³-hybridized carbons (Fsp3) is 0.750. The lowest BCUT2D eigenvalue weighted by Gasteiger charge is -2.25. The number of carbonyl (C=O) groups excluding carboxylic acids is 3. The molecule has 0 saturated heterocycles. The molecule has 0 radical (unpaired) electrons. The van der Waals surface area contributed by atoms with Crippen molar-refractivity contribution in [2.24, 2.45) is 0 Å². The zero-order valence-corrected chi connectivity index (χ0v) is 13.3. The van der Waals surface area contributed by atoms with E-state index in [1.807, 2.05) is 0 Å². The van der Waals surface area contributed by atoms with Gasteiger partial charge in [0.05, 0.1) is 6.61 Å². The average Bonchev–Trinajstić information content (AvgIpc) is 2.27. The Hall–Kier alpha value is -1.11. The molecule has 0 fully saturated rings. The number of ether oxygens (including phenoxy) is 2.